The number of rotatable bonds is 5. The number of aliphatic hydroxyl groups is 2. The van der Waals surface area contributed by atoms with Crippen LogP contribution in [0.5, 0.6) is 0 Å². The molecule has 1 aliphatic heterocycles. The average Bonchev–Trinajstić information content (AvgIpc) is 3.15. The van der Waals surface area contributed by atoms with Crippen LogP contribution in [0.2, 0.25) is 0 Å². The van der Waals surface area contributed by atoms with E-state index in [2.05, 4.69) is 11.8 Å². The van der Waals surface area contributed by atoms with Crippen LogP contribution in [0.25, 0.3) is 0 Å². The van der Waals surface area contributed by atoms with Gasteiger partial charge in [0.25, 0.3) is 0 Å². The third-order valence-corrected chi connectivity index (χ3v) is 11.2. The van der Waals surface area contributed by atoms with Crippen LogP contribution in [0, 0.1) is 40.4 Å². The lowest BCUT2D eigenvalue weighted by atomic mass is 9.43. The van der Waals surface area contributed by atoms with Crippen molar-refractivity contribution in [1.82, 2.24) is 4.90 Å². The summed E-state index contributed by atoms with van der Waals surface area (Å²) in [6.07, 6.45) is 4.52. The minimum atomic E-state index is -0.847. The summed E-state index contributed by atoms with van der Waals surface area (Å²) in [5.41, 5.74) is -0.719. The van der Waals surface area contributed by atoms with Gasteiger partial charge in [-0.2, -0.15) is 0 Å². The molecule has 5 aliphatic carbocycles. The Hall–Kier alpha value is -0.240. The van der Waals surface area contributed by atoms with Crippen LogP contribution in [0.3, 0.4) is 0 Å². The highest BCUT2D eigenvalue weighted by atomic mass is 16.5. The Morgan fingerprint density at radius 3 is 2.57 bits per heavy atom. The highest BCUT2D eigenvalue weighted by Crippen LogP contribution is 2.79. The topological polar surface area (TPSA) is 71.4 Å². The first-order valence-electron chi connectivity index (χ1n) is 12.1. The highest BCUT2D eigenvalue weighted by Gasteiger charge is 2.83. The summed E-state index contributed by atoms with van der Waals surface area (Å²) in [5.74, 6) is 1.03. The second-order valence-electron chi connectivity index (χ2n) is 11.5. The van der Waals surface area contributed by atoms with Gasteiger partial charge < -0.3 is 24.4 Å². The normalized spacial score (nSPS) is 60.8. The van der Waals surface area contributed by atoms with Crippen LogP contribution in [0.1, 0.15) is 39.0 Å². The Balaban J connectivity index is 1.58. The lowest BCUT2D eigenvalue weighted by Crippen LogP contribution is -2.76. The lowest BCUT2D eigenvalue weighted by Gasteiger charge is -2.69. The summed E-state index contributed by atoms with van der Waals surface area (Å²) in [6, 6.07) is 0.329. The number of fused-ring (bicyclic) bond motifs is 2. The average molecular weight is 422 g/mol. The van der Waals surface area contributed by atoms with Crippen molar-refractivity contribution in [2.45, 2.75) is 69.0 Å². The van der Waals surface area contributed by atoms with Gasteiger partial charge in [0.15, 0.2) is 0 Å². The standard InChI is InChI=1S/C24H39NO5/c1-5-25-11-22(12-28-2)7-6-18(30-4)24-14-8-13-16(29-3)10-23(27,19(14)20(13)26)15(21(24)25)9-17(22)24/h13-21,26-27H,5-12H2,1-4H3/t13-,14-,15+,16?,17-,18?,19-,20?,21-,22+,23+,24-/m1/s1. The van der Waals surface area contributed by atoms with E-state index < -0.39 is 11.7 Å². The van der Waals surface area contributed by atoms with E-state index in [4.69, 9.17) is 14.2 Å². The van der Waals surface area contributed by atoms with Crippen LogP contribution in [-0.4, -0.2) is 86.1 Å². The van der Waals surface area contributed by atoms with Crippen molar-refractivity contribution in [3.8, 4) is 0 Å². The second-order valence-corrected chi connectivity index (χ2v) is 11.5. The Labute approximate surface area is 180 Å². The summed E-state index contributed by atoms with van der Waals surface area (Å²) in [4.78, 5) is 2.67. The van der Waals surface area contributed by atoms with Crippen molar-refractivity contribution in [3.05, 3.63) is 0 Å². The molecular weight excluding hydrogens is 382 g/mol. The molecule has 6 aliphatic rings. The molecule has 30 heavy (non-hydrogen) atoms. The zero-order valence-corrected chi connectivity index (χ0v) is 18.9. The van der Waals surface area contributed by atoms with E-state index in [0.29, 0.717) is 18.4 Å². The van der Waals surface area contributed by atoms with Gasteiger partial charge in [-0.25, -0.2) is 0 Å². The molecular formula is C24H39NO5. The third kappa shape index (κ3) is 2.00. The number of hydrogen-bond donors (Lipinski definition) is 2. The van der Waals surface area contributed by atoms with Gasteiger partial charge in [-0.05, 0) is 44.1 Å². The molecule has 3 unspecified atom stereocenters. The van der Waals surface area contributed by atoms with Crippen LogP contribution in [0.15, 0.2) is 0 Å². The molecule has 1 saturated heterocycles. The van der Waals surface area contributed by atoms with Gasteiger partial charge in [0, 0.05) is 68.9 Å². The molecule has 0 aromatic heterocycles. The van der Waals surface area contributed by atoms with Crippen LogP contribution >= 0.6 is 0 Å². The fraction of sp³-hybridized carbons (Fsp3) is 1.00. The van der Waals surface area contributed by atoms with Gasteiger partial charge in [-0.15, -0.1) is 0 Å². The molecule has 0 amide bonds. The molecule has 1 heterocycles. The molecule has 6 rings (SSSR count). The summed E-state index contributed by atoms with van der Waals surface area (Å²) >= 11 is 0. The monoisotopic (exact) mass is 421 g/mol. The Morgan fingerprint density at radius 1 is 1.10 bits per heavy atom. The van der Waals surface area contributed by atoms with E-state index in [1.54, 1.807) is 7.11 Å². The predicted molar refractivity (Wildman–Crippen MR) is 111 cm³/mol. The number of hydrogen-bond acceptors (Lipinski definition) is 6. The molecule has 1 spiro atoms. The molecule has 6 heteroatoms. The fourth-order valence-electron chi connectivity index (χ4n) is 10.7. The van der Waals surface area contributed by atoms with Crippen molar-refractivity contribution in [3.63, 3.8) is 0 Å². The van der Waals surface area contributed by atoms with E-state index >= 15 is 0 Å². The number of likely N-dealkylation sites (tertiary alicyclic amines) is 1. The molecule has 6 nitrogen and oxygen atoms in total. The van der Waals surface area contributed by atoms with Gasteiger partial charge in [0.05, 0.1) is 30.5 Å². The van der Waals surface area contributed by atoms with E-state index in [0.717, 1.165) is 45.4 Å². The van der Waals surface area contributed by atoms with Crippen molar-refractivity contribution in [2.24, 2.45) is 40.4 Å². The van der Waals surface area contributed by atoms with E-state index in [1.807, 2.05) is 14.2 Å². The summed E-state index contributed by atoms with van der Waals surface area (Å²) in [5, 5.41) is 23.8. The Bertz CT molecular complexity index is 720. The zero-order valence-electron chi connectivity index (χ0n) is 18.9. The molecule has 6 fully saturated rings. The number of nitrogens with zero attached hydrogens (tertiary/aromatic N) is 1. The minimum absolute atomic E-state index is 0.000283. The molecule has 12 atom stereocenters. The first-order chi connectivity index (χ1) is 14.4. The molecule has 5 saturated carbocycles. The highest BCUT2D eigenvalue weighted by molar-refractivity contribution is 5.33. The maximum absolute atomic E-state index is 12.4. The minimum Gasteiger partial charge on any atom is -0.392 e. The van der Waals surface area contributed by atoms with E-state index in [-0.39, 0.29) is 46.7 Å². The quantitative estimate of drug-likeness (QED) is 0.702. The molecule has 0 radical (unpaired) electrons. The van der Waals surface area contributed by atoms with Crippen LogP contribution < -0.4 is 0 Å². The maximum atomic E-state index is 12.4. The summed E-state index contributed by atoms with van der Waals surface area (Å²) in [7, 11) is 5.48. The Morgan fingerprint density at radius 2 is 1.90 bits per heavy atom. The number of methoxy groups -OCH3 is 3. The first-order valence-corrected chi connectivity index (χ1v) is 12.1. The second kappa shape index (κ2) is 6.42. The largest absolute Gasteiger partial charge is 0.392 e. The summed E-state index contributed by atoms with van der Waals surface area (Å²) < 4.78 is 18.0. The maximum Gasteiger partial charge on any atom is 0.0771 e. The Kier molecular flexibility index (Phi) is 4.36. The van der Waals surface area contributed by atoms with Gasteiger partial charge >= 0.3 is 0 Å². The smallest absolute Gasteiger partial charge is 0.0771 e. The van der Waals surface area contributed by atoms with Crippen LogP contribution in [0.4, 0.5) is 0 Å². The van der Waals surface area contributed by atoms with Gasteiger partial charge in [-0.1, -0.05) is 6.92 Å². The molecule has 2 N–H and O–H groups in total. The van der Waals surface area contributed by atoms with Crippen molar-refractivity contribution in [1.29, 1.82) is 0 Å². The molecule has 7 bridgehead atoms. The third-order valence-electron chi connectivity index (χ3n) is 11.2. The van der Waals surface area contributed by atoms with Crippen molar-refractivity contribution < 1.29 is 24.4 Å². The lowest BCUT2D eigenvalue weighted by molar-refractivity contribution is -0.276. The van der Waals surface area contributed by atoms with Gasteiger partial charge in [0.2, 0.25) is 0 Å². The summed E-state index contributed by atoms with van der Waals surface area (Å²) in [6.45, 7) is 5.11. The van der Waals surface area contributed by atoms with Crippen molar-refractivity contribution >= 4 is 0 Å². The van der Waals surface area contributed by atoms with E-state index in [9.17, 15) is 10.2 Å². The predicted octanol–water partition coefficient (Wildman–Crippen LogP) is 1.53. The number of ether oxygens (including phenoxy) is 3. The number of aliphatic hydroxyl groups excluding tert-OH is 1. The van der Waals surface area contributed by atoms with Crippen molar-refractivity contribution in [2.75, 3.05) is 41.0 Å². The van der Waals surface area contributed by atoms with Crippen LogP contribution in [-0.2, 0) is 14.2 Å². The van der Waals surface area contributed by atoms with Gasteiger partial charge in [-0.3, -0.25) is 4.90 Å². The zero-order chi connectivity index (χ0) is 21.1. The van der Waals surface area contributed by atoms with E-state index in [1.165, 1.54) is 0 Å². The first kappa shape index (κ1) is 20.4. The molecule has 0 aromatic rings. The van der Waals surface area contributed by atoms with Gasteiger partial charge in [0.1, 0.15) is 0 Å². The molecule has 0 aromatic carbocycles. The fourth-order valence-corrected chi connectivity index (χ4v) is 10.7. The molecule has 170 valence electrons. The number of piperidine rings is 1. The SMILES string of the molecule is CCN1C[C@]2(COC)CCC(OC)[C@@]34[C@@H]5C[C@@H]6C(OC)C[C@](O)([C@@H](C[C@H]23)[C@@H]14)[C@H]5C6O.